The molecule has 9 nitrogen and oxygen atoms in total. The SMILES string of the molecule is CC(=O)NCCN(C(=O)C(C)NC(=O)c1ccco1)C(C)C(=O)O. The van der Waals surface area contributed by atoms with Crippen molar-refractivity contribution in [1.82, 2.24) is 15.5 Å². The van der Waals surface area contributed by atoms with Crippen molar-refractivity contribution < 1.29 is 28.7 Å². The van der Waals surface area contributed by atoms with Gasteiger partial charge in [0.1, 0.15) is 12.1 Å². The summed E-state index contributed by atoms with van der Waals surface area (Å²) >= 11 is 0. The van der Waals surface area contributed by atoms with Crippen LogP contribution in [0.25, 0.3) is 0 Å². The molecule has 0 aromatic carbocycles. The third-order valence-electron chi connectivity index (χ3n) is 3.30. The first-order chi connectivity index (χ1) is 11.2. The topological polar surface area (TPSA) is 129 Å². The summed E-state index contributed by atoms with van der Waals surface area (Å²) in [4.78, 5) is 47.6. The molecule has 1 heterocycles. The number of hydrogen-bond acceptors (Lipinski definition) is 5. The van der Waals surface area contributed by atoms with Crippen LogP contribution in [-0.4, -0.2) is 58.9 Å². The quantitative estimate of drug-likeness (QED) is 0.603. The number of rotatable bonds is 8. The van der Waals surface area contributed by atoms with Gasteiger partial charge in [0.2, 0.25) is 11.8 Å². The molecule has 2 atom stereocenters. The second-order valence-electron chi connectivity index (χ2n) is 5.20. The van der Waals surface area contributed by atoms with Crippen LogP contribution in [0.2, 0.25) is 0 Å². The number of hydrogen-bond donors (Lipinski definition) is 3. The van der Waals surface area contributed by atoms with Crippen molar-refractivity contribution in [2.75, 3.05) is 13.1 Å². The summed E-state index contributed by atoms with van der Waals surface area (Å²) in [5.74, 6) is -2.58. The first kappa shape index (κ1) is 19.2. The van der Waals surface area contributed by atoms with Crippen LogP contribution in [0.15, 0.2) is 22.8 Å². The van der Waals surface area contributed by atoms with E-state index in [4.69, 9.17) is 9.52 Å². The fraction of sp³-hybridized carbons (Fsp3) is 0.467. The number of furan rings is 1. The third kappa shape index (κ3) is 5.41. The highest BCUT2D eigenvalue weighted by molar-refractivity contribution is 5.96. The van der Waals surface area contributed by atoms with E-state index in [1.165, 1.54) is 39.2 Å². The monoisotopic (exact) mass is 339 g/mol. The minimum Gasteiger partial charge on any atom is -0.480 e. The average Bonchev–Trinajstić information content (AvgIpc) is 3.04. The number of aliphatic carboxylic acids is 1. The Morgan fingerprint density at radius 3 is 2.46 bits per heavy atom. The van der Waals surface area contributed by atoms with Crippen LogP contribution in [0.1, 0.15) is 31.3 Å². The van der Waals surface area contributed by atoms with Crippen LogP contribution in [0.4, 0.5) is 0 Å². The molecule has 3 amide bonds. The van der Waals surface area contributed by atoms with Crippen molar-refractivity contribution >= 4 is 23.7 Å². The maximum atomic E-state index is 12.5. The van der Waals surface area contributed by atoms with E-state index in [1.54, 1.807) is 0 Å². The Balaban J connectivity index is 2.75. The highest BCUT2D eigenvalue weighted by atomic mass is 16.4. The standard InChI is InChI=1S/C15H21N3O6/c1-9(17-13(20)12-5-4-8-24-12)14(21)18(10(2)15(22)23)7-6-16-11(3)19/h4-5,8-10H,6-7H2,1-3H3,(H,16,19)(H,17,20)(H,22,23). The molecular formula is C15H21N3O6. The fourth-order valence-electron chi connectivity index (χ4n) is 1.97. The van der Waals surface area contributed by atoms with Gasteiger partial charge in [0, 0.05) is 20.0 Å². The minimum atomic E-state index is -1.18. The van der Waals surface area contributed by atoms with Gasteiger partial charge in [-0.2, -0.15) is 0 Å². The van der Waals surface area contributed by atoms with Crippen LogP contribution in [-0.2, 0) is 14.4 Å². The highest BCUT2D eigenvalue weighted by Gasteiger charge is 2.29. The van der Waals surface area contributed by atoms with Crippen LogP contribution in [0, 0.1) is 0 Å². The summed E-state index contributed by atoms with van der Waals surface area (Å²) in [5, 5.41) is 14.1. The maximum absolute atomic E-state index is 12.5. The van der Waals surface area contributed by atoms with Gasteiger partial charge < -0.3 is 25.1 Å². The summed E-state index contributed by atoms with van der Waals surface area (Å²) in [6.45, 7) is 4.24. The van der Waals surface area contributed by atoms with E-state index in [2.05, 4.69) is 10.6 Å². The molecule has 1 aromatic rings. The Hall–Kier alpha value is -2.84. The number of carboxylic acids is 1. The molecule has 24 heavy (non-hydrogen) atoms. The van der Waals surface area contributed by atoms with Crippen molar-refractivity contribution in [3.8, 4) is 0 Å². The zero-order valence-corrected chi connectivity index (χ0v) is 13.7. The van der Waals surface area contributed by atoms with Gasteiger partial charge in [0.15, 0.2) is 5.76 Å². The molecule has 0 aliphatic rings. The van der Waals surface area contributed by atoms with Gasteiger partial charge in [-0.3, -0.25) is 14.4 Å². The van der Waals surface area contributed by atoms with E-state index >= 15 is 0 Å². The van der Waals surface area contributed by atoms with Gasteiger partial charge in [-0.1, -0.05) is 0 Å². The molecule has 1 aromatic heterocycles. The van der Waals surface area contributed by atoms with Crippen molar-refractivity contribution in [2.24, 2.45) is 0 Å². The van der Waals surface area contributed by atoms with Gasteiger partial charge in [-0.05, 0) is 26.0 Å². The summed E-state index contributed by atoms with van der Waals surface area (Å²) in [5.41, 5.74) is 0. The van der Waals surface area contributed by atoms with Gasteiger partial charge in [0.25, 0.3) is 5.91 Å². The van der Waals surface area contributed by atoms with E-state index in [-0.39, 0.29) is 24.8 Å². The molecule has 0 aliphatic heterocycles. The lowest BCUT2D eigenvalue weighted by atomic mass is 10.2. The summed E-state index contributed by atoms with van der Waals surface area (Å²) in [6.07, 6.45) is 1.33. The first-order valence-electron chi connectivity index (χ1n) is 7.36. The summed E-state index contributed by atoms with van der Waals surface area (Å²) in [6, 6.07) is 0.921. The summed E-state index contributed by atoms with van der Waals surface area (Å²) in [7, 11) is 0. The smallest absolute Gasteiger partial charge is 0.326 e. The summed E-state index contributed by atoms with van der Waals surface area (Å²) < 4.78 is 4.93. The molecule has 0 saturated carbocycles. The lowest BCUT2D eigenvalue weighted by Gasteiger charge is -2.29. The second kappa shape index (κ2) is 8.70. The lowest BCUT2D eigenvalue weighted by Crippen LogP contribution is -2.53. The zero-order valence-electron chi connectivity index (χ0n) is 13.7. The van der Waals surface area contributed by atoms with Crippen molar-refractivity contribution in [3.63, 3.8) is 0 Å². The van der Waals surface area contributed by atoms with Gasteiger partial charge in [-0.25, -0.2) is 4.79 Å². The fourth-order valence-corrected chi connectivity index (χ4v) is 1.97. The van der Waals surface area contributed by atoms with Crippen molar-refractivity contribution in [3.05, 3.63) is 24.2 Å². The second-order valence-corrected chi connectivity index (χ2v) is 5.20. The van der Waals surface area contributed by atoms with Gasteiger partial charge in [-0.15, -0.1) is 0 Å². The molecule has 0 spiro atoms. The van der Waals surface area contributed by atoms with Gasteiger partial charge >= 0.3 is 5.97 Å². The zero-order chi connectivity index (χ0) is 18.3. The van der Waals surface area contributed by atoms with Crippen molar-refractivity contribution in [1.29, 1.82) is 0 Å². The molecule has 0 saturated heterocycles. The van der Waals surface area contributed by atoms with Crippen LogP contribution in [0.3, 0.4) is 0 Å². The molecule has 0 bridgehead atoms. The van der Waals surface area contributed by atoms with E-state index in [0.29, 0.717) is 0 Å². The van der Waals surface area contributed by atoms with Gasteiger partial charge in [0.05, 0.1) is 6.26 Å². The van der Waals surface area contributed by atoms with E-state index in [1.807, 2.05) is 0 Å². The van der Waals surface area contributed by atoms with E-state index in [0.717, 1.165) is 4.90 Å². The molecule has 0 radical (unpaired) electrons. The molecule has 0 fully saturated rings. The van der Waals surface area contributed by atoms with Crippen LogP contribution < -0.4 is 10.6 Å². The Bertz CT molecular complexity index is 598. The highest BCUT2D eigenvalue weighted by Crippen LogP contribution is 2.05. The predicted molar refractivity (Wildman–Crippen MR) is 83.1 cm³/mol. The van der Waals surface area contributed by atoms with Crippen molar-refractivity contribution in [2.45, 2.75) is 32.9 Å². The first-order valence-corrected chi connectivity index (χ1v) is 7.36. The number of nitrogens with zero attached hydrogens (tertiary/aromatic N) is 1. The largest absolute Gasteiger partial charge is 0.480 e. The molecular weight excluding hydrogens is 318 g/mol. The number of nitrogens with one attached hydrogen (secondary N) is 2. The Morgan fingerprint density at radius 2 is 1.96 bits per heavy atom. The molecule has 1 rings (SSSR count). The van der Waals surface area contributed by atoms with Crippen LogP contribution in [0.5, 0.6) is 0 Å². The molecule has 2 unspecified atom stereocenters. The average molecular weight is 339 g/mol. The molecule has 0 aliphatic carbocycles. The number of carbonyl (C=O) groups excluding carboxylic acids is 3. The minimum absolute atomic E-state index is 0.00679. The third-order valence-corrected chi connectivity index (χ3v) is 3.30. The molecule has 3 N–H and O–H groups in total. The van der Waals surface area contributed by atoms with E-state index < -0.39 is 29.9 Å². The normalized spacial score (nSPS) is 12.8. The predicted octanol–water partition coefficient (Wildman–Crippen LogP) is -0.164. The number of carboxylic acid groups (broad SMARTS) is 1. The Kier molecular flexibility index (Phi) is 6.97. The Labute approximate surface area is 139 Å². The maximum Gasteiger partial charge on any atom is 0.326 e. The number of amides is 3. The van der Waals surface area contributed by atoms with Crippen LogP contribution >= 0.6 is 0 Å². The van der Waals surface area contributed by atoms with E-state index in [9.17, 15) is 19.2 Å². The molecule has 9 heteroatoms. The molecule has 132 valence electrons. The number of carbonyl (C=O) groups is 4. The Morgan fingerprint density at radius 1 is 1.29 bits per heavy atom. The lowest BCUT2D eigenvalue weighted by molar-refractivity contribution is -0.150.